The molecule has 1 saturated heterocycles. The van der Waals surface area contributed by atoms with Gasteiger partial charge in [0.2, 0.25) is 6.43 Å². The molecule has 4 rings (SSSR count). The molecule has 3 heterocycles. The summed E-state index contributed by atoms with van der Waals surface area (Å²) in [5.74, 6) is 0.556. The average molecular weight is 319 g/mol. The van der Waals surface area contributed by atoms with Crippen molar-refractivity contribution in [3.8, 4) is 0 Å². The van der Waals surface area contributed by atoms with Crippen LogP contribution in [0, 0.1) is 0 Å². The number of hydrogen-bond acceptors (Lipinski definition) is 5. The molecule has 1 atom stereocenters. The summed E-state index contributed by atoms with van der Waals surface area (Å²) < 4.78 is 37.0. The Morgan fingerprint density at radius 2 is 2.13 bits per heavy atom. The third-order valence-corrected chi connectivity index (χ3v) is 4.09. The lowest BCUT2D eigenvalue weighted by atomic mass is 10.1. The van der Waals surface area contributed by atoms with Gasteiger partial charge in [0.1, 0.15) is 17.4 Å². The SMILES string of the molecule is FC(F)CC1COCCN1c1ncnc2c1oc1ccccc12. The van der Waals surface area contributed by atoms with Crippen molar-refractivity contribution >= 4 is 27.9 Å². The molecule has 0 spiro atoms. The zero-order valence-corrected chi connectivity index (χ0v) is 12.3. The minimum atomic E-state index is -2.39. The van der Waals surface area contributed by atoms with Crippen LogP contribution < -0.4 is 4.90 Å². The van der Waals surface area contributed by atoms with E-state index in [-0.39, 0.29) is 13.0 Å². The van der Waals surface area contributed by atoms with E-state index >= 15 is 0 Å². The van der Waals surface area contributed by atoms with E-state index in [0.717, 1.165) is 5.39 Å². The summed E-state index contributed by atoms with van der Waals surface area (Å²) in [6, 6.07) is 7.15. The molecule has 1 aliphatic heterocycles. The van der Waals surface area contributed by atoms with Gasteiger partial charge in [0.05, 0.1) is 19.3 Å². The zero-order valence-electron chi connectivity index (χ0n) is 12.3. The van der Waals surface area contributed by atoms with Crippen molar-refractivity contribution in [1.82, 2.24) is 9.97 Å². The second-order valence-corrected chi connectivity index (χ2v) is 5.52. The number of anilines is 1. The molecule has 7 heteroatoms. The third-order valence-electron chi connectivity index (χ3n) is 4.09. The minimum absolute atomic E-state index is 0.258. The fourth-order valence-corrected chi connectivity index (χ4v) is 3.05. The van der Waals surface area contributed by atoms with Crippen molar-refractivity contribution in [2.45, 2.75) is 18.9 Å². The molecule has 0 amide bonds. The predicted molar refractivity (Wildman–Crippen MR) is 81.9 cm³/mol. The maximum absolute atomic E-state index is 12.9. The number of morpholine rings is 1. The molecular formula is C16H15F2N3O2. The molecule has 1 aromatic carbocycles. The van der Waals surface area contributed by atoms with Gasteiger partial charge < -0.3 is 14.1 Å². The summed E-state index contributed by atoms with van der Waals surface area (Å²) in [6.07, 6.45) is -1.20. The maximum atomic E-state index is 12.9. The van der Waals surface area contributed by atoms with Gasteiger partial charge in [-0.25, -0.2) is 18.7 Å². The van der Waals surface area contributed by atoms with Crippen LogP contribution in [-0.4, -0.2) is 42.2 Å². The Morgan fingerprint density at radius 3 is 3.00 bits per heavy atom. The van der Waals surface area contributed by atoms with Crippen LogP contribution in [0.5, 0.6) is 0 Å². The molecule has 0 radical (unpaired) electrons. The van der Waals surface area contributed by atoms with Gasteiger partial charge in [0, 0.05) is 18.4 Å². The van der Waals surface area contributed by atoms with E-state index in [1.54, 1.807) is 0 Å². The van der Waals surface area contributed by atoms with Gasteiger partial charge in [-0.1, -0.05) is 12.1 Å². The maximum Gasteiger partial charge on any atom is 0.240 e. The molecule has 2 aromatic heterocycles. The lowest BCUT2D eigenvalue weighted by Crippen LogP contribution is -2.47. The predicted octanol–water partition coefficient (Wildman–Crippen LogP) is 3.24. The lowest BCUT2D eigenvalue weighted by molar-refractivity contribution is 0.0582. The molecule has 1 aliphatic rings. The highest BCUT2D eigenvalue weighted by Crippen LogP contribution is 2.33. The fourth-order valence-electron chi connectivity index (χ4n) is 3.05. The van der Waals surface area contributed by atoms with Crippen LogP contribution in [0.2, 0.25) is 0 Å². The second-order valence-electron chi connectivity index (χ2n) is 5.52. The number of halogens is 2. The van der Waals surface area contributed by atoms with Crippen LogP contribution in [0.3, 0.4) is 0 Å². The number of nitrogens with zero attached hydrogens (tertiary/aromatic N) is 3. The summed E-state index contributed by atoms with van der Waals surface area (Å²) in [5.41, 5.74) is 1.95. The van der Waals surface area contributed by atoms with E-state index in [1.165, 1.54) is 6.33 Å². The van der Waals surface area contributed by atoms with Crippen LogP contribution >= 0.6 is 0 Å². The molecule has 120 valence electrons. The normalized spacial score (nSPS) is 19.1. The van der Waals surface area contributed by atoms with Gasteiger partial charge in [-0.2, -0.15) is 0 Å². The summed E-state index contributed by atoms with van der Waals surface area (Å²) in [5, 5.41) is 0.893. The van der Waals surface area contributed by atoms with Crippen molar-refractivity contribution in [2.24, 2.45) is 0 Å². The van der Waals surface area contributed by atoms with Gasteiger partial charge >= 0.3 is 0 Å². The van der Waals surface area contributed by atoms with Gasteiger partial charge in [0.25, 0.3) is 0 Å². The topological polar surface area (TPSA) is 51.4 Å². The Labute approximate surface area is 130 Å². The van der Waals surface area contributed by atoms with Crippen LogP contribution in [0.4, 0.5) is 14.6 Å². The minimum Gasteiger partial charge on any atom is -0.450 e. The molecule has 0 bridgehead atoms. The summed E-state index contributed by atoms with van der Waals surface area (Å²) in [4.78, 5) is 10.5. The molecule has 1 fully saturated rings. The van der Waals surface area contributed by atoms with Gasteiger partial charge in [-0.3, -0.25) is 0 Å². The molecule has 3 aromatic rings. The van der Waals surface area contributed by atoms with Gasteiger partial charge in [0.15, 0.2) is 11.4 Å². The van der Waals surface area contributed by atoms with E-state index in [1.807, 2.05) is 29.2 Å². The van der Waals surface area contributed by atoms with Crippen LogP contribution in [0.25, 0.3) is 22.1 Å². The largest absolute Gasteiger partial charge is 0.450 e. The molecule has 0 aliphatic carbocycles. The summed E-state index contributed by atoms with van der Waals surface area (Å²) in [7, 11) is 0. The molecule has 1 unspecified atom stereocenters. The van der Waals surface area contributed by atoms with Gasteiger partial charge in [-0.15, -0.1) is 0 Å². The Bertz CT molecular complexity index is 836. The number of benzene rings is 1. The van der Waals surface area contributed by atoms with E-state index in [4.69, 9.17) is 9.15 Å². The Morgan fingerprint density at radius 1 is 1.26 bits per heavy atom. The van der Waals surface area contributed by atoms with Crippen LogP contribution in [0.15, 0.2) is 35.0 Å². The molecule has 0 saturated carbocycles. The highest BCUT2D eigenvalue weighted by Gasteiger charge is 2.29. The van der Waals surface area contributed by atoms with Crippen molar-refractivity contribution < 1.29 is 17.9 Å². The molecule has 23 heavy (non-hydrogen) atoms. The first-order chi connectivity index (χ1) is 11.2. The van der Waals surface area contributed by atoms with Gasteiger partial charge in [-0.05, 0) is 12.1 Å². The third kappa shape index (κ3) is 2.50. The highest BCUT2D eigenvalue weighted by atomic mass is 19.3. The fraction of sp³-hybridized carbons (Fsp3) is 0.375. The van der Waals surface area contributed by atoms with Crippen molar-refractivity contribution in [2.75, 3.05) is 24.7 Å². The van der Waals surface area contributed by atoms with Crippen LogP contribution in [-0.2, 0) is 4.74 Å². The smallest absolute Gasteiger partial charge is 0.240 e. The Hall–Kier alpha value is -2.28. The average Bonchev–Trinajstić information content (AvgIpc) is 2.94. The summed E-state index contributed by atoms with van der Waals surface area (Å²) in [6.45, 7) is 1.24. The number of furan rings is 1. The second kappa shape index (κ2) is 5.73. The lowest BCUT2D eigenvalue weighted by Gasteiger charge is -2.36. The number of ether oxygens (including phenoxy) is 1. The van der Waals surface area contributed by atoms with Crippen LogP contribution in [0.1, 0.15) is 6.42 Å². The molecular weight excluding hydrogens is 304 g/mol. The van der Waals surface area contributed by atoms with E-state index in [2.05, 4.69) is 9.97 Å². The van der Waals surface area contributed by atoms with Crippen molar-refractivity contribution in [3.63, 3.8) is 0 Å². The standard InChI is InChI=1S/C16H15F2N3O2/c17-13(18)7-10-8-22-6-5-21(10)16-15-14(19-9-20-16)11-3-1-2-4-12(11)23-15/h1-4,9-10,13H,5-8H2. The van der Waals surface area contributed by atoms with E-state index in [9.17, 15) is 8.78 Å². The number of alkyl halides is 2. The van der Waals surface area contributed by atoms with E-state index < -0.39 is 12.5 Å². The zero-order chi connectivity index (χ0) is 15.8. The number of para-hydroxylation sites is 1. The quantitative estimate of drug-likeness (QED) is 0.742. The van der Waals surface area contributed by atoms with Crippen molar-refractivity contribution in [3.05, 3.63) is 30.6 Å². The Balaban J connectivity index is 1.83. The molecule has 5 nitrogen and oxygen atoms in total. The Kier molecular flexibility index (Phi) is 3.57. The molecule has 0 N–H and O–H groups in total. The number of fused-ring (bicyclic) bond motifs is 3. The first-order valence-corrected chi connectivity index (χ1v) is 7.49. The number of rotatable bonds is 3. The monoisotopic (exact) mass is 319 g/mol. The van der Waals surface area contributed by atoms with Crippen molar-refractivity contribution in [1.29, 1.82) is 0 Å². The highest BCUT2D eigenvalue weighted by molar-refractivity contribution is 6.05. The van der Waals surface area contributed by atoms with E-state index in [0.29, 0.717) is 35.7 Å². The first kappa shape index (κ1) is 14.3. The number of aromatic nitrogens is 2. The first-order valence-electron chi connectivity index (χ1n) is 7.49. The number of hydrogen-bond donors (Lipinski definition) is 0. The summed E-state index contributed by atoms with van der Waals surface area (Å²) >= 11 is 0.